The van der Waals surface area contributed by atoms with Crippen LogP contribution in [0.3, 0.4) is 0 Å². The summed E-state index contributed by atoms with van der Waals surface area (Å²) in [7, 11) is 0. The van der Waals surface area contributed by atoms with Crippen molar-refractivity contribution in [3.63, 3.8) is 0 Å². The highest BCUT2D eigenvalue weighted by Crippen LogP contribution is 2.18. The third kappa shape index (κ3) is 6.31. The van der Waals surface area contributed by atoms with Gasteiger partial charge in [-0.1, -0.05) is 24.3 Å². The molecular weight excluding hydrogens is 432 g/mol. The van der Waals surface area contributed by atoms with Crippen LogP contribution in [0.25, 0.3) is 0 Å². The lowest BCUT2D eigenvalue weighted by molar-refractivity contribution is -0.136. The van der Waals surface area contributed by atoms with E-state index < -0.39 is 5.97 Å². The normalized spacial score (nSPS) is 13.6. The molecule has 1 saturated heterocycles. The van der Waals surface area contributed by atoms with Crippen LogP contribution in [0.1, 0.15) is 22.5 Å². The Morgan fingerprint density at radius 3 is 2.32 bits per heavy atom. The molecule has 0 aliphatic carbocycles. The summed E-state index contributed by atoms with van der Waals surface area (Å²) in [6.07, 6.45) is 2.92. The van der Waals surface area contributed by atoms with Crippen molar-refractivity contribution in [3.8, 4) is 5.75 Å². The van der Waals surface area contributed by atoms with E-state index in [9.17, 15) is 9.59 Å². The van der Waals surface area contributed by atoms with Crippen LogP contribution in [0.15, 0.2) is 60.8 Å². The molecule has 1 fully saturated rings. The van der Waals surface area contributed by atoms with E-state index in [0.29, 0.717) is 37.5 Å². The Labute approximate surface area is 198 Å². The molecule has 0 saturated carbocycles. The van der Waals surface area contributed by atoms with Gasteiger partial charge in [0.05, 0.1) is 6.42 Å². The number of amides is 1. The number of aromatic nitrogens is 2. The number of carbonyl (C=O) groups is 2. The van der Waals surface area contributed by atoms with Crippen LogP contribution < -0.4 is 9.64 Å². The zero-order chi connectivity index (χ0) is 23.9. The third-order valence-corrected chi connectivity index (χ3v) is 5.77. The molecule has 2 aromatic heterocycles. The number of carboxylic acid groups (broad SMARTS) is 1. The molecule has 0 spiro atoms. The van der Waals surface area contributed by atoms with E-state index >= 15 is 0 Å². The summed E-state index contributed by atoms with van der Waals surface area (Å²) >= 11 is 0. The van der Waals surface area contributed by atoms with E-state index in [1.807, 2.05) is 55.5 Å². The van der Waals surface area contributed by atoms with Gasteiger partial charge < -0.3 is 19.6 Å². The second-order valence-electron chi connectivity index (χ2n) is 8.35. The fourth-order valence-corrected chi connectivity index (χ4v) is 3.90. The number of anilines is 1. The lowest BCUT2D eigenvalue weighted by Crippen LogP contribution is -2.49. The number of piperazine rings is 1. The largest absolute Gasteiger partial charge is 0.481 e. The molecule has 3 heterocycles. The Morgan fingerprint density at radius 1 is 0.941 bits per heavy atom. The predicted octanol–water partition coefficient (Wildman–Crippen LogP) is 3.52. The minimum atomic E-state index is -0.879. The Balaban J connectivity index is 1.24. The van der Waals surface area contributed by atoms with Gasteiger partial charge in [0.2, 0.25) is 0 Å². The first-order chi connectivity index (χ1) is 16.5. The summed E-state index contributed by atoms with van der Waals surface area (Å²) in [5.41, 5.74) is 3.92. The Morgan fingerprint density at radius 2 is 1.68 bits per heavy atom. The van der Waals surface area contributed by atoms with E-state index in [-0.39, 0.29) is 12.5 Å². The molecule has 4 rings (SSSR count). The monoisotopic (exact) mass is 460 g/mol. The lowest BCUT2D eigenvalue weighted by atomic mass is 10.1. The van der Waals surface area contributed by atoms with Gasteiger partial charge in [-0.25, -0.2) is 9.78 Å². The maximum absolute atomic E-state index is 12.6. The van der Waals surface area contributed by atoms with Crippen molar-refractivity contribution in [1.82, 2.24) is 14.9 Å². The molecule has 176 valence electrons. The van der Waals surface area contributed by atoms with Gasteiger partial charge >= 0.3 is 12.1 Å². The quantitative estimate of drug-likeness (QED) is 0.576. The zero-order valence-corrected chi connectivity index (χ0v) is 19.2. The highest BCUT2D eigenvalue weighted by atomic mass is 16.6. The third-order valence-electron chi connectivity index (χ3n) is 5.77. The van der Waals surface area contributed by atoms with Crippen LogP contribution in [0, 0.1) is 6.92 Å². The molecule has 3 aromatic rings. The van der Waals surface area contributed by atoms with E-state index in [4.69, 9.17) is 9.84 Å². The number of rotatable bonds is 7. The van der Waals surface area contributed by atoms with E-state index in [1.54, 1.807) is 17.2 Å². The summed E-state index contributed by atoms with van der Waals surface area (Å²) in [4.78, 5) is 36.1. The molecule has 8 heteroatoms. The van der Waals surface area contributed by atoms with Gasteiger partial charge in [0, 0.05) is 43.8 Å². The molecule has 1 aliphatic heterocycles. The fraction of sp³-hybridized carbons (Fsp3) is 0.308. The molecule has 1 aliphatic rings. The second kappa shape index (κ2) is 10.8. The fourth-order valence-electron chi connectivity index (χ4n) is 3.90. The van der Waals surface area contributed by atoms with Crippen molar-refractivity contribution < 1.29 is 19.4 Å². The van der Waals surface area contributed by atoms with Crippen molar-refractivity contribution in [2.75, 3.05) is 31.1 Å². The van der Waals surface area contributed by atoms with Gasteiger partial charge in [-0.15, -0.1) is 0 Å². The van der Waals surface area contributed by atoms with Crippen molar-refractivity contribution in [1.29, 1.82) is 0 Å². The Hall–Kier alpha value is -3.94. The molecule has 1 aromatic carbocycles. The summed E-state index contributed by atoms with van der Waals surface area (Å²) < 4.78 is 5.57. The summed E-state index contributed by atoms with van der Waals surface area (Å²) in [5.74, 6) is 0.426. The first-order valence-electron chi connectivity index (χ1n) is 11.4. The van der Waals surface area contributed by atoms with Crippen LogP contribution in [0.4, 0.5) is 10.6 Å². The molecule has 0 radical (unpaired) electrons. The number of hydrogen-bond acceptors (Lipinski definition) is 6. The molecule has 0 bridgehead atoms. The maximum Gasteiger partial charge on any atom is 0.415 e. The Bertz CT molecular complexity index is 1120. The number of nitrogens with zero attached hydrogens (tertiary/aromatic N) is 4. The number of carboxylic acids is 1. The number of carbonyl (C=O) groups excluding carboxylic acids is 1. The molecule has 0 atom stereocenters. The lowest BCUT2D eigenvalue weighted by Gasteiger charge is -2.34. The van der Waals surface area contributed by atoms with Gasteiger partial charge in [-0.05, 0) is 61.2 Å². The van der Waals surface area contributed by atoms with Crippen LogP contribution in [-0.2, 0) is 24.1 Å². The van der Waals surface area contributed by atoms with Gasteiger partial charge in [0.1, 0.15) is 11.6 Å². The second-order valence-corrected chi connectivity index (χ2v) is 8.35. The number of ether oxygens (including phenoxy) is 1. The van der Waals surface area contributed by atoms with E-state index in [2.05, 4.69) is 14.9 Å². The average molecular weight is 461 g/mol. The minimum Gasteiger partial charge on any atom is -0.481 e. The number of benzene rings is 1. The van der Waals surface area contributed by atoms with Crippen LogP contribution in [0.5, 0.6) is 5.75 Å². The minimum absolute atomic E-state index is 0.0438. The summed E-state index contributed by atoms with van der Waals surface area (Å²) in [5, 5.41) is 8.87. The van der Waals surface area contributed by atoms with Crippen LogP contribution in [-0.4, -0.2) is 58.2 Å². The standard InChI is InChI=1S/C26H28N4O4/c1-19-3-2-4-22(28-19)9-5-20-6-10-23(11-7-20)34-26(33)30-15-13-29(14-16-30)24-12-8-21(18-27-24)17-25(31)32/h2-4,6-8,10-12,18H,5,9,13-17H2,1H3,(H,31,32). The first-order valence-corrected chi connectivity index (χ1v) is 11.4. The highest BCUT2D eigenvalue weighted by Gasteiger charge is 2.23. The molecule has 34 heavy (non-hydrogen) atoms. The summed E-state index contributed by atoms with van der Waals surface area (Å²) in [6, 6.07) is 17.3. The smallest absolute Gasteiger partial charge is 0.415 e. The first kappa shape index (κ1) is 23.2. The maximum atomic E-state index is 12.6. The molecule has 1 N–H and O–H groups in total. The Kier molecular flexibility index (Phi) is 7.37. The van der Waals surface area contributed by atoms with Crippen molar-refractivity contribution in [2.24, 2.45) is 0 Å². The number of aryl methyl sites for hydroxylation is 3. The van der Waals surface area contributed by atoms with E-state index in [1.165, 1.54) is 5.56 Å². The molecular formula is C26H28N4O4. The summed E-state index contributed by atoms with van der Waals surface area (Å²) in [6.45, 7) is 4.31. The van der Waals surface area contributed by atoms with Gasteiger partial charge in [-0.2, -0.15) is 0 Å². The van der Waals surface area contributed by atoms with Crippen molar-refractivity contribution in [3.05, 3.63) is 83.3 Å². The zero-order valence-electron chi connectivity index (χ0n) is 19.2. The molecule has 1 amide bonds. The number of pyridine rings is 2. The number of hydrogen-bond donors (Lipinski definition) is 1. The average Bonchev–Trinajstić information content (AvgIpc) is 2.84. The van der Waals surface area contributed by atoms with Crippen LogP contribution >= 0.6 is 0 Å². The van der Waals surface area contributed by atoms with Gasteiger partial charge in [0.25, 0.3) is 0 Å². The predicted molar refractivity (Wildman–Crippen MR) is 128 cm³/mol. The molecule has 0 unspecified atom stereocenters. The van der Waals surface area contributed by atoms with E-state index in [0.717, 1.165) is 30.0 Å². The van der Waals surface area contributed by atoms with Crippen molar-refractivity contribution in [2.45, 2.75) is 26.2 Å². The van der Waals surface area contributed by atoms with Crippen LogP contribution in [0.2, 0.25) is 0 Å². The number of aliphatic carboxylic acids is 1. The molecule has 8 nitrogen and oxygen atoms in total. The highest BCUT2D eigenvalue weighted by molar-refractivity contribution is 5.71. The van der Waals surface area contributed by atoms with Crippen molar-refractivity contribution >= 4 is 17.9 Å². The SMILES string of the molecule is Cc1cccc(CCc2ccc(OC(=O)N3CCN(c4ccc(CC(=O)O)cn4)CC3)cc2)n1. The van der Waals surface area contributed by atoms with Gasteiger partial charge in [0.15, 0.2) is 0 Å². The topological polar surface area (TPSA) is 95.9 Å². The van der Waals surface area contributed by atoms with Gasteiger partial charge in [-0.3, -0.25) is 9.78 Å².